The number of anilines is 1. The molecule has 0 radical (unpaired) electrons. The molecule has 1 aromatic carbocycles. The Bertz CT molecular complexity index is 918. The fourth-order valence-electron chi connectivity index (χ4n) is 3.73. The van der Waals surface area contributed by atoms with Gasteiger partial charge in [0.2, 0.25) is 0 Å². The molecule has 2 aliphatic rings. The van der Waals surface area contributed by atoms with E-state index in [1.165, 1.54) is 12.8 Å². The number of rotatable bonds is 5. The Morgan fingerprint density at radius 1 is 1.38 bits per heavy atom. The van der Waals surface area contributed by atoms with Gasteiger partial charge in [0.1, 0.15) is 0 Å². The topological polar surface area (TPSA) is 62.3 Å². The summed E-state index contributed by atoms with van der Waals surface area (Å²) in [7, 11) is 0.635. The van der Waals surface area contributed by atoms with Crippen LogP contribution in [0.15, 0.2) is 17.0 Å². The molecule has 2 atom stereocenters. The van der Waals surface area contributed by atoms with Crippen molar-refractivity contribution < 1.29 is 9.00 Å². The van der Waals surface area contributed by atoms with E-state index in [4.69, 9.17) is 0 Å². The van der Waals surface area contributed by atoms with Crippen LogP contribution in [-0.2, 0) is 17.3 Å². The Kier molecular flexibility index (Phi) is 4.39. The second-order valence-electron chi connectivity index (χ2n) is 7.16. The standard InChI is InChI=1S/C19H23N3O2S2/c1-10-17(25-19(20-3)21-10)13-7-14-9-22(11(2)12-5-6-12)18(23)16(14)15(8-13)26(4)24/h7-8,11-12H,5-6,9H2,1-4H3,(H,20,21). The first-order chi connectivity index (χ1) is 12.4. The molecule has 1 aliphatic carbocycles. The van der Waals surface area contributed by atoms with Gasteiger partial charge in [-0.3, -0.25) is 9.00 Å². The minimum absolute atomic E-state index is 0.0353. The predicted molar refractivity (Wildman–Crippen MR) is 106 cm³/mol. The normalized spacial score (nSPS) is 18.8. The Hall–Kier alpha value is -1.73. The van der Waals surface area contributed by atoms with E-state index in [-0.39, 0.29) is 11.9 Å². The summed E-state index contributed by atoms with van der Waals surface area (Å²) in [6, 6.07) is 4.25. The molecule has 0 bridgehead atoms. The van der Waals surface area contributed by atoms with E-state index in [0.717, 1.165) is 26.8 Å². The second kappa shape index (κ2) is 6.46. The van der Waals surface area contributed by atoms with Crippen molar-refractivity contribution in [2.24, 2.45) is 5.92 Å². The van der Waals surface area contributed by atoms with Crippen LogP contribution in [0.1, 0.15) is 41.4 Å². The fourth-order valence-corrected chi connectivity index (χ4v) is 5.44. The van der Waals surface area contributed by atoms with E-state index in [2.05, 4.69) is 23.3 Å². The molecule has 0 spiro atoms. The lowest BCUT2D eigenvalue weighted by molar-refractivity contribution is 0.0695. The van der Waals surface area contributed by atoms with E-state index in [1.54, 1.807) is 17.6 Å². The number of nitrogens with zero attached hydrogens (tertiary/aromatic N) is 2. The molecule has 4 rings (SSSR count). The third-order valence-corrected chi connectivity index (χ3v) is 7.54. The molecule has 138 valence electrons. The lowest BCUT2D eigenvalue weighted by atomic mass is 10.0. The van der Waals surface area contributed by atoms with Crippen LogP contribution in [0, 0.1) is 12.8 Å². The van der Waals surface area contributed by atoms with Crippen molar-refractivity contribution in [3.63, 3.8) is 0 Å². The highest BCUT2D eigenvalue weighted by atomic mass is 32.2. The SMILES string of the molecule is CNc1nc(C)c(-c2cc3c(c(S(C)=O)c2)C(=O)N(C(C)C2CC2)C3)s1. The summed E-state index contributed by atoms with van der Waals surface area (Å²) < 4.78 is 12.4. The van der Waals surface area contributed by atoms with Crippen LogP contribution in [0.3, 0.4) is 0 Å². The maximum atomic E-state index is 13.0. The molecule has 26 heavy (non-hydrogen) atoms. The molecular weight excluding hydrogens is 366 g/mol. The van der Waals surface area contributed by atoms with Gasteiger partial charge in [0.15, 0.2) is 5.13 Å². The number of benzene rings is 1. The molecule has 1 N–H and O–H groups in total. The second-order valence-corrected chi connectivity index (χ2v) is 9.50. The quantitative estimate of drug-likeness (QED) is 0.848. The molecule has 1 aromatic heterocycles. The molecule has 2 unspecified atom stereocenters. The first-order valence-corrected chi connectivity index (χ1v) is 11.2. The molecular formula is C19H23N3O2S2. The highest BCUT2D eigenvalue weighted by Gasteiger charge is 2.40. The summed E-state index contributed by atoms with van der Waals surface area (Å²) in [4.78, 5) is 21.2. The van der Waals surface area contributed by atoms with Crippen molar-refractivity contribution in [3.8, 4) is 10.4 Å². The monoisotopic (exact) mass is 389 g/mol. The first-order valence-electron chi connectivity index (χ1n) is 8.87. The van der Waals surface area contributed by atoms with Crippen molar-refractivity contribution in [1.29, 1.82) is 0 Å². The number of aryl methyl sites for hydroxylation is 1. The van der Waals surface area contributed by atoms with Gasteiger partial charge in [-0.25, -0.2) is 4.98 Å². The minimum Gasteiger partial charge on any atom is -0.365 e. The molecule has 1 fully saturated rings. The number of carbonyl (C=O) groups excluding carboxylic acids is 1. The van der Waals surface area contributed by atoms with Crippen LogP contribution in [0.4, 0.5) is 5.13 Å². The van der Waals surface area contributed by atoms with Crippen LogP contribution in [0.5, 0.6) is 0 Å². The Morgan fingerprint density at radius 2 is 2.12 bits per heavy atom. The number of fused-ring (bicyclic) bond motifs is 1. The summed E-state index contributed by atoms with van der Waals surface area (Å²) in [5, 5.41) is 3.94. The molecule has 2 heterocycles. The molecule has 1 amide bonds. The van der Waals surface area contributed by atoms with Gasteiger partial charge in [-0.2, -0.15) is 0 Å². The van der Waals surface area contributed by atoms with Crippen molar-refractivity contribution in [3.05, 3.63) is 29.0 Å². The molecule has 5 nitrogen and oxygen atoms in total. The molecule has 1 aliphatic heterocycles. The van der Waals surface area contributed by atoms with Gasteiger partial charge in [-0.05, 0) is 55.9 Å². The van der Waals surface area contributed by atoms with Gasteiger partial charge in [-0.1, -0.05) is 11.3 Å². The lowest BCUT2D eigenvalue weighted by Gasteiger charge is -2.24. The van der Waals surface area contributed by atoms with E-state index >= 15 is 0 Å². The van der Waals surface area contributed by atoms with Crippen LogP contribution in [0.2, 0.25) is 0 Å². The Balaban J connectivity index is 1.80. The lowest BCUT2D eigenvalue weighted by Crippen LogP contribution is -2.34. The maximum Gasteiger partial charge on any atom is 0.255 e. The highest BCUT2D eigenvalue weighted by Crippen LogP contribution is 2.41. The number of hydrogen-bond acceptors (Lipinski definition) is 5. The van der Waals surface area contributed by atoms with Gasteiger partial charge < -0.3 is 10.2 Å². The summed E-state index contributed by atoms with van der Waals surface area (Å²) in [5.74, 6) is 0.651. The molecule has 1 saturated carbocycles. The van der Waals surface area contributed by atoms with Crippen molar-refractivity contribution >= 4 is 33.2 Å². The van der Waals surface area contributed by atoms with E-state index in [1.807, 2.05) is 24.9 Å². The van der Waals surface area contributed by atoms with Gasteiger partial charge in [-0.15, -0.1) is 0 Å². The summed E-state index contributed by atoms with van der Waals surface area (Å²) in [6.07, 6.45) is 4.05. The number of nitrogens with one attached hydrogen (secondary N) is 1. The van der Waals surface area contributed by atoms with Crippen molar-refractivity contribution in [1.82, 2.24) is 9.88 Å². The zero-order chi connectivity index (χ0) is 18.6. The van der Waals surface area contributed by atoms with E-state index < -0.39 is 10.8 Å². The van der Waals surface area contributed by atoms with Crippen molar-refractivity contribution in [2.75, 3.05) is 18.6 Å². The first kappa shape index (κ1) is 17.7. The number of carbonyl (C=O) groups is 1. The zero-order valence-electron chi connectivity index (χ0n) is 15.5. The summed E-state index contributed by atoms with van der Waals surface area (Å²) >= 11 is 1.58. The van der Waals surface area contributed by atoms with E-state index in [9.17, 15) is 9.00 Å². The number of amides is 1. The third kappa shape index (κ3) is 2.87. The maximum absolute atomic E-state index is 13.0. The van der Waals surface area contributed by atoms with Crippen LogP contribution in [-0.4, -0.2) is 39.3 Å². The van der Waals surface area contributed by atoms with Crippen molar-refractivity contribution in [2.45, 2.75) is 44.2 Å². The van der Waals surface area contributed by atoms with Crippen LogP contribution < -0.4 is 5.32 Å². The van der Waals surface area contributed by atoms with Gasteiger partial charge >= 0.3 is 0 Å². The molecule has 2 aromatic rings. The molecule has 7 heteroatoms. The number of hydrogen-bond donors (Lipinski definition) is 1. The van der Waals surface area contributed by atoms with Gasteiger partial charge in [0.25, 0.3) is 5.91 Å². The van der Waals surface area contributed by atoms with E-state index in [0.29, 0.717) is 22.9 Å². The minimum atomic E-state index is -1.22. The predicted octanol–water partition coefficient (Wildman–Crippen LogP) is 3.65. The number of thiazole rings is 1. The average molecular weight is 390 g/mol. The average Bonchev–Trinajstić information content (AvgIpc) is 3.32. The van der Waals surface area contributed by atoms with Gasteiger partial charge in [0.05, 0.1) is 31.8 Å². The third-order valence-electron chi connectivity index (χ3n) is 5.38. The van der Waals surface area contributed by atoms with Crippen LogP contribution in [0.25, 0.3) is 10.4 Å². The molecule has 0 saturated heterocycles. The zero-order valence-corrected chi connectivity index (χ0v) is 17.1. The summed E-state index contributed by atoms with van der Waals surface area (Å²) in [6.45, 7) is 4.73. The Labute approximate surface area is 160 Å². The highest BCUT2D eigenvalue weighted by molar-refractivity contribution is 7.84. The smallest absolute Gasteiger partial charge is 0.255 e. The number of aromatic nitrogens is 1. The largest absolute Gasteiger partial charge is 0.365 e. The van der Waals surface area contributed by atoms with Crippen LogP contribution >= 0.6 is 11.3 Å². The summed E-state index contributed by atoms with van der Waals surface area (Å²) in [5.41, 5.74) is 3.58. The van der Waals surface area contributed by atoms with Gasteiger partial charge in [0, 0.05) is 25.9 Å². The Morgan fingerprint density at radius 3 is 2.69 bits per heavy atom. The fraction of sp³-hybridized carbons (Fsp3) is 0.474.